The third-order valence-corrected chi connectivity index (χ3v) is 4.05. The molecular weight excluding hydrogens is 371 g/mol. The van der Waals surface area contributed by atoms with Crippen molar-refractivity contribution in [2.75, 3.05) is 5.32 Å². The molecule has 0 atom stereocenters. The Bertz CT molecular complexity index is 1200. The zero-order valence-electron chi connectivity index (χ0n) is 14.2. The number of carbonyl (C=O) groups is 1. The Morgan fingerprint density at radius 3 is 2.64 bits per heavy atom. The number of halogens is 3. The van der Waals surface area contributed by atoms with Crippen LogP contribution >= 0.6 is 0 Å². The van der Waals surface area contributed by atoms with Crippen LogP contribution in [-0.4, -0.2) is 16.1 Å². The average molecular weight is 383 g/mol. The number of hydrogen-bond acceptors (Lipinski definition) is 3. The number of amides is 1. The molecule has 2 heterocycles. The van der Waals surface area contributed by atoms with Gasteiger partial charge in [0.15, 0.2) is 17.4 Å². The van der Waals surface area contributed by atoms with Crippen molar-refractivity contribution in [2.24, 2.45) is 0 Å². The summed E-state index contributed by atoms with van der Waals surface area (Å²) in [5.41, 5.74) is 1.24. The van der Waals surface area contributed by atoms with Gasteiger partial charge in [-0.1, -0.05) is 12.1 Å². The summed E-state index contributed by atoms with van der Waals surface area (Å²) in [7, 11) is 0. The number of H-pyrrole nitrogens is 1. The number of rotatable bonds is 4. The van der Waals surface area contributed by atoms with Crippen LogP contribution in [0.15, 0.2) is 53.1 Å². The van der Waals surface area contributed by atoms with Crippen molar-refractivity contribution in [2.45, 2.75) is 0 Å². The molecule has 1 amide bonds. The van der Waals surface area contributed by atoms with Gasteiger partial charge in [-0.3, -0.25) is 9.89 Å². The first-order valence-electron chi connectivity index (χ1n) is 8.17. The number of aromatic amines is 1. The van der Waals surface area contributed by atoms with E-state index in [1.54, 1.807) is 18.2 Å². The van der Waals surface area contributed by atoms with Crippen LogP contribution < -0.4 is 5.32 Å². The fourth-order valence-electron chi connectivity index (χ4n) is 2.66. The highest BCUT2D eigenvalue weighted by Gasteiger charge is 2.14. The van der Waals surface area contributed by atoms with Crippen LogP contribution in [0.25, 0.3) is 23.1 Å². The van der Waals surface area contributed by atoms with E-state index >= 15 is 0 Å². The first-order valence-corrected chi connectivity index (χ1v) is 8.17. The molecule has 2 N–H and O–H groups in total. The second kappa shape index (κ2) is 7.07. The van der Waals surface area contributed by atoms with Crippen LogP contribution in [0.1, 0.15) is 21.8 Å². The van der Waals surface area contributed by atoms with Gasteiger partial charge in [0.25, 0.3) is 5.91 Å². The lowest BCUT2D eigenvalue weighted by Crippen LogP contribution is -2.12. The molecule has 4 aromatic rings. The van der Waals surface area contributed by atoms with E-state index in [1.165, 1.54) is 30.5 Å². The number of benzene rings is 2. The number of anilines is 1. The SMILES string of the molecule is O=C(Nc1cc2c(/C=C/c3ccc(F)c(F)c3)n[nH]c2cc1F)c1ccco1. The van der Waals surface area contributed by atoms with Gasteiger partial charge < -0.3 is 9.73 Å². The minimum atomic E-state index is -0.959. The zero-order chi connectivity index (χ0) is 19.7. The standard InChI is InChI=1S/C20H12F3N3O2/c21-13-5-3-11(8-14(13)22)4-6-16-12-9-18(15(23)10-17(12)26-25-16)24-20(27)19-2-1-7-28-19/h1-10H,(H,24,27)(H,25,26)/b6-4+. The first kappa shape index (κ1) is 17.6. The lowest BCUT2D eigenvalue weighted by molar-refractivity contribution is 0.0996. The fraction of sp³-hybridized carbons (Fsp3) is 0. The maximum absolute atomic E-state index is 14.3. The molecule has 0 saturated carbocycles. The highest BCUT2D eigenvalue weighted by atomic mass is 19.2. The van der Waals surface area contributed by atoms with Crippen LogP contribution in [0.5, 0.6) is 0 Å². The molecule has 8 heteroatoms. The van der Waals surface area contributed by atoms with Crippen molar-refractivity contribution in [3.8, 4) is 0 Å². The minimum absolute atomic E-state index is 0.0437. The zero-order valence-corrected chi connectivity index (χ0v) is 14.2. The summed E-state index contributed by atoms with van der Waals surface area (Å²) in [4.78, 5) is 12.1. The second-order valence-corrected chi connectivity index (χ2v) is 5.92. The summed E-state index contributed by atoms with van der Waals surface area (Å²) in [5, 5.41) is 9.75. The van der Waals surface area contributed by atoms with Crippen molar-refractivity contribution in [3.63, 3.8) is 0 Å². The fourth-order valence-corrected chi connectivity index (χ4v) is 2.66. The smallest absolute Gasteiger partial charge is 0.291 e. The number of nitrogens with zero attached hydrogens (tertiary/aromatic N) is 1. The van der Waals surface area contributed by atoms with Crippen LogP contribution in [0, 0.1) is 17.5 Å². The Kier molecular flexibility index (Phi) is 4.44. The van der Waals surface area contributed by atoms with E-state index in [0.29, 0.717) is 22.2 Å². The number of hydrogen-bond donors (Lipinski definition) is 2. The molecule has 0 aliphatic rings. The number of aromatic nitrogens is 2. The Morgan fingerprint density at radius 2 is 1.89 bits per heavy atom. The number of furan rings is 1. The first-order chi connectivity index (χ1) is 13.5. The summed E-state index contributed by atoms with van der Waals surface area (Å²) in [6, 6.07) is 9.13. The molecule has 0 aliphatic heterocycles. The lowest BCUT2D eigenvalue weighted by Gasteiger charge is -2.05. The molecule has 0 aliphatic carbocycles. The normalized spacial score (nSPS) is 11.4. The summed E-state index contributed by atoms with van der Waals surface area (Å²) < 4.78 is 45.6. The van der Waals surface area contributed by atoms with E-state index in [0.717, 1.165) is 12.1 Å². The molecule has 0 radical (unpaired) electrons. The van der Waals surface area contributed by atoms with Crippen LogP contribution in [0.4, 0.5) is 18.9 Å². The molecule has 4 rings (SSSR count). The topological polar surface area (TPSA) is 70.9 Å². The number of nitrogens with one attached hydrogen (secondary N) is 2. The molecule has 2 aromatic carbocycles. The number of fused-ring (bicyclic) bond motifs is 1. The Labute approximate surface area is 156 Å². The summed E-state index contributed by atoms with van der Waals surface area (Å²) in [6.45, 7) is 0. The van der Waals surface area contributed by atoms with Gasteiger partial charge in [0, 0.05) is 11.5 Å². The van der Waals surface area contributed by atoms with E-state index in [9.17, 15) is 18.0 Å². The Balaban J connectivity index is 1.65. The van der Waals surface area contributed by atoms with Crippen molar-refractivity contribution >= 4 is 34.6 Å². The van der Waals surface area contributed by atoms with Crippen LogP contribution in [-0.2, 0) is 0 Å². The molecule has 0 bridgehead atoms. The van der Waals surface area contributed by atoms with Gasteiger partial charge in [-0.05, 0) is 42.0 Å². The van der Waals surface area contributed by atoms with Gasteiger partial charge in [-0.15, -0.1) is 0 Å². The third-order valence-electron chi connectivity index (χ3n) is 4.05. The minimum Gasteiger partial charge on any atom is -0.459 e. The predicted molar refractivity (Wildman–Crippen MR) is 98.0 cm³/mol. The quantitative estimate of drug-likeness (QED) is 0.521. The highest BCUT2D eigenvalue weighted by molar-refractivity contribution is 6.03. The summed E-state index contributed by atoms with van der Waals surface area (Å²) in [5.74, 6) is -3.09. The van der Waals surface area contributed by atoms with Gasteiger partial charge in [0.05, 0.1) is 23.2 Å². The van der Waals surface area contributed by atoms with Crippen LogP contribution in [0.3, 0.4) is 0 Å². The van der Waals surface area contributed by atoms with Gasteiger partial charge in [0.2, 0.25) is 0 Å². The van der Waals surface area contributed by atoms with E-state index in [4.69, 9.17) is 4.42 Å². The maximum Gasteiger partial charge on any atom is 0.291 e. The molecule has 5 nitrogen and oxygen atoms in total. The molecule has 2 aromatic heterocycles. The molecule has 0 spiro atoms. The highest BCUT2D eigenvalue weighted by Crippen LogP contribution is 2.26. The van der Waals surface area contributed by atoms with Crippen molar-refractivity contribution in [3.05, 3.63) is 83.2 Å². The second-order valence-electron chi connectivity index (χ2n) is 5.92. The Hall–Kier alpha value is -3.81. The van der Waals surface area contributed by atoms with E-state index in [-0.39, 0.29) is 11.4 Å². The summed E-state index contributed by atoms with van der Waals surface area (Å²) in [6.07, 6.45) is 4.45. The Morgan fingerprint density at radius 1 is 1.04 bits per heavy atom. The lowest BCUT2D eigenvalue weighted by atomic mass is 10.1. The molecule has 0 unspecified atom stereocenters. The van der Waals surface area contributed by atoms with Gasteiger partial charge in [-0.2, -0.15) is 5.10 Å². The largest absolute Gasteiger partial charge is 0.459 e. The van der Waals surface area contributed by atoms with Crippen LogP contribution in [0.2, 0.25) is 0 Å². The van der Waals surface area contributed by atoms with Gasteiger partial charge in [0.1, 0.15) is 5.82 Å². The molecule has 140 valence electrons. The molecule has 0 fully saturated rings. The van der Waals surface area contributed by atoms with Crippen molar-refractivity contribution in [1.82, 2.24) is 10.2 Å². The van der Waals surface area contributed by atoms with Crippen molar-refractivity contribution in [1.29, 1.82) is 0 Å². The van der Waals surface area contributed by atoms with E-state index < -0.39 is 23.4 Å². The molecule has 28 heavy (non-hydrogen) atoms. The van der Waals surface area contributed by atoms with Gasteiger partial charge >= 0.3 is 0 Å². The van der Waals surface area contributed by atoms with E-state index in [2.05, 4.69) is 15.5 Å². The molecular formula is C20H12F3N3O2. The third kappa shape index (κ3) is 3.39. The average Bonchev–Trinajstić information content (AvgIpc) is 3.33. The number of carbonyl (C=O) groups excluding carboxylic acids is 1. The summed E-state index contributed by atoms with van der Waals surface area (Å²) >= 11 is 0. The maximum atomic E-state index is 14.3. The molecule has 0 saturated heterocycles. The van der Waals surface area contributed by atoms with Gasteiger partial charge in [-0.25, -0.2) is 13.2 Å². The predicted octanol–water partition coefficient (Wildman–Crippen LogP) is 5.00. The van der Waals surface area contributed by atoms with E-state index in [1.807, 2.05) is 0 Å². The monoisotopic (exact) mass is 383 g/mol. The van der Waals surface area contributed by atoms with Crippen molar-refractivity contribution < 1.29 is 22.4 Å².